The Labute approximate surface area is 201 Å². The number of oxime groups is 1. The number of allylic oxidation sites excluding steroid dienone is 3. The Morgan fingerprint density at radius 2 is 1.88 bits per heavy atom. The maximum Gasteiger partial charge on any atom is 0.342 e. The van der Waals surface area contributed by atoms with E-state index in [1.165, 1.54) is 6.07 Å². The number of amides is 1. The molecular formula is C26H36N2O6. The summed E-state index contributed by atoms with van der Waals surface area (Å²) in [6, 6.07) is 2.52. The topological polar surface area (TPSA) is 109 Å². The minimum atomic E-state index is -0.655. The lowest BCUT2D eigenvalue weighted by atomic mass is 9.99. The number of carbonyl (C=O) groups is 2. The van der Waals surface area contributed by atoms with Crippen LogP contribution in [0.15, 0.2) is 41.6 Å². The molecule has 1 aromatic rings. The van der Waals surface area contributed by atoms with Crippen LogP contribution in [0, 0.1) is 0 Å². The molecule has 2 N–H and O–H groups in total. The third-order valence-corrected chi connectivity index (χ3v) is 5.51. The van der Waals surface area contributed by atoms with Crippen LogP contribution in [0.5, 0.6) is 11.5 Å². The summed E-state index contributed by atoms with van der Waals surface area (Å²) in [5.74, 6) is -1.37. The number of aromatic hydroxyl groups is 2. The van der Waals surface area contributed by atoms with Crippen LogP contribution in [0.25, 0.3) is 0 Å². The summed E-state index contributed by atoms with van der Waals surface area (Å²) in [6.45, 7) is 6.75. The molecule has 0 bridgehead atoms. The van der Waals surface area contributed by atoms with Gasteiger partial charge in [-0.05, 0) is 50.8 Å². The van der Waals surface area contributed by atoms with Crippen LogP contribution in [-0.4, -0.2) is 58.5 Å². The number of esters is 1. The summed E-state index contributed by atoms with van der Waals surface area (Å²) >= 11 is 0. The molecule has 0 fully saturated rings. The van der Waals surface area contributed by atoms with Gasteiger partial charge in [0.15, 0.2) is 6.61 Å². The number of cyclic esters (lactones) is 1. The highest BCUT2D eigenvalue weighted by Crippen LogP contribution is 2.30. The van der Waals surface area contributed by atoms with Crippen molar-refractivity contribution in [2.45, 2.75) is 65.4 Å². The van der Waals surface area contributed by atoms with E-state index in [-0.39, 0.29) is 42.1 Å². The average Bonchev–Trinajstić information content (AvgIpc) is 2.78. The number of nitrogens with zero attached hydrogens (tertiary/aromatic N) is 2. The van der Waals surface area contributed by atoms with Gasteiger partial charge in [-0.3, -0.25) is 4.79 Å². The van der Waals surface area contributed by atoms with E-state index in [4.69, 9.17) is 9.57 Å². The molecule has 0 saturated heterocycles. The molecule has 2 rings (SSSR count). The van der Waals surface area contributed by atoms with Gasteiger partial charge >= 0.3 is 5.97 Å². The number of phenolic OH excluding ortho intramolecular Hbond substituents is 2. The second kappa shape index (κ2) is 14.1. The quantitative estimate of drug-likeness (QED) is 0.344. The smallest absolute Gasteiger partial charge is 0.342 e. The van der Waals surface area contributed by atoms with Gasteiger partial charge in [0.05, 0.1) is 5.71 Å². The predicted molar refractivity (Wildman–Crippen MR) is 131 cm³/mol. The first-order valence-corrected chi connectivity index (χ1v) is 11.9. The van der Waals surface area contributed by atoms with E-state index >= 15 is 0 Å². The van der Waals surface area contributed by atoms with E-state index < -0.39 is 5.97 Å². The first kappa shape index (κ1) is 27.0. The zero-order valence-corrected chi connectivity index (χ0v) is 20.3. The fraction of sp³-hybridized carbons (Fsp3) is 0.500. The van der Waals surface area contributed by atoms with Crippen molar-refractivity contribution >= 4 is 17.6 Å². The molecule has 1 aromatic carbocycles. The molecule has 0 spiro atoms. The van der Waals surface area contributed by atoms with Gasteiger partial charge in [0.2, 0.25) is 0 Å². The summed E-state index contributed by atoms with van der Waals surface area (Å²) in [4.78, 5) is 32.2. The zero-order valence-electron chi connectivity index (χ0n) is 20.3. The minimum absolute atomic E-state index is 0.0136. The molecular weight excluding hydrogens is 436 g/mol. The van der Waals surface area contributed by atoms with Gasteiger partial charge in [0.1, 0.15) is 23.2 Å². The van der Waals surface area contributed by atoms with E-state index in [9.17, 15) is 19.8 Å². The van der Waals surface area contributed by atoms with Crippen molar-refractivity contribution in [1.82, 2.24) is 4.90 Å². The van der Waals surface area contributed by atoms with E-state index in [0.717, 1.165) is 25.3 Å². The second-order valence-corrected chi connectivity index (χ2v) is 8.10. The monoisotopic (exact) mass is 472 g/mol. The minimum Gasteiger partial charge on any atom is -0.508 e. The summed E-state index contributed by atoms with van der Waals surface area (Å²) in [6.07, 6.45) is 11.3. The van der Waals surface area contributed by atoms with Crippen LogP contribution in [0.2, 0.25) is 0 Å². The predicted octanol–water partition coefficient (Wildman–Crippen LogP) is 4.50. The van der Waals surface area contributed by atoms with Gasteiger partial charge in [-0.1, -0.05) is 36.7 Å². The third kappa shape index (κ3) is 8.24. The Hall–Kier alpha value is -3.29. The van der Waals surface area contributed by atoms with Crippen LogP contribution in [-0.2, 0) is 20.8 Å². The number of ether oxygens (including phenoxy) is 1. The molecule has 0 saturated carbocycles. The molecule has 34 heavy (non-hydrogen) atoms. The lowest BCUT2D eigenvalue weighted by Gasteiger charge is -2.18. The highest BCUT2D eigenvalue weighted by molar-refractivity contribution is 6.00. The van der Waals surface area contributed by atoms with Gasteiger partial charge in [-0.2, -0.15) is 0 Å². The van der Waals surface area contributed by atoms with Crippen molar-refractivity contribution < 1.29 is 29.4 Å². The Morgan fingerprint density at radius 1 is 1.15 bits per heavy atom. The van der Waals surface area contributed by atoms with Gasteiger partial charge in [-0.15, -0.1) is 0 Å². The van der Waals surface area contributed by atoms with E-state index in [0.29, 0.717) is 37.2 Å². The number of phenols is 2. The van der Waals surface area contributed by atoms with Crippen LogP contribution in [0.4, 0.5) is 0 Å². The van der Waals surface area contributed by atoms with E-state index in [1.54, 1.807) is 11.0 Å². The number of benzene rings is 1. The normalized spacial score (nSPS) is 20.0. The summed E-state index contributed by atoms with van der Waals surface area (Å²) < 4.78 is 5.71. The van der Waals surface area contributed by atoms with Crippen LogP contribution in [0.1, 0.15) is 68.8 Å². The maximum atomic E-state index is 13.0. The highest BCUT2D eigenvalue weighted by atomic mass is 16.6. The molecule has 1 atom stereocenters. The fourth-order valence-corrected chi connectivity index (χ4v) is 3.73. The van der Waals surface area contributed by atoms with Gasteiger partial charge in [0, 0.05) is 32.0 Å². The molecule has 8 nitrogen and oxygen atoms in total. The molecule has 0 aliphatic carbocycles. The third-order valence-electron chi connectivity index (χ3n) is 5.51. The Bertz CT molecular complexity index is 918. The molecule has 1 amide bonds. The molecule has 8 heteroatoms. The SMILES string of the molecule is CCCC1C/C=C/CC/C=C/C(=N\OCC(=O)N(CC)CC)Cc2cc(O)cc(O)c2C(=O)O1. The largest absolute Gasteiger partial charge is 0.508 e. The van der Waals surface area contributed by atoms with Crippen LogP contribution < -0.4 is 0 Å². The Kier molecular flexibility index (Phi) is 11.2. The lowest BCUT2D eigenvalue weighted by molar-refractivity contribution is -0.135. The van der Waals surface area contributed by atoms with Crippen LogP contribution in [0.3, 0.4) is 0 Å². The lowest BCUT2D eigenvalue weighted by Crippen LogP contribution is -2.33. The molecule has 1 heterocycles. The van der Waals surface area contributed by atoms with Crippen LogP contribution >= 0.6 is 0 Å². The number of likely N-dealkylation sites (N-methyl/N-ethyl adjacent to an activating group) is 1. The van der Waals surface area contributed by atoms with Crippen molar-refractivity contribution in [2.24, 2.45) is 5.16 Å². The van der Waals surface area contributed by atoms with E-state index in [2.05, 4.69) is 5.16 Å². The zero-order chi connectivity index (χ0) is 24.9. The molecule has 186 valence electrons. The molecule has 1 aliphatic heterocycles. The van der Waals surface area contributed by atoms with Crippen molar-refractivity contribution in [1.29, 1.82) is 0 Å². The van der Waals surface area contributed by atoms with Gasteiger partial charge in [-0.25, -0.2) is 4.79 Å². The first-order valence-electron chi connectivity index (χ1n) is 11.9. The molecule has 0 aromatic heterocycles. The molecule has 0 radical (unpaired) electrons. The van der Waals surface area contributed by atoms with Crippen molar-refractivity contribution in [3.05, 3.63) is 47.6 Å². The number of rotatable bonds is 7. The van der Waals surface area contributed by atoms with E-state index in [1.807, 2.05) is 39.0 Å². The summed E-state index contributed by atoms with van der Waals surface area (Å²) in [5, 5.41) is 24.6. The molecule has 1 aliphatic rings. The fourth-order valence-electron chi connectivity index (χ4n) is 3.73. The average molecular weight is 473 g/mol. The van der Waals surface area contributed by atoms with Crippen molar-refractivity contribution in [3.8, 4) is 11.5 Å². The Morgan fingerprint density at radius 3 is 2.59 bits per heavy atom. The maximum absolute atomic E-state index is 13.0. The van der Waals surface area contributed by atoms with Gasteiger partial charge in [0.25, 0.3) is 5.91 Å². The molecule has 1 unspecified atom stereocenters. The van der Waals surface area contributed by atoms with Crippen molar-refractivity contribution in [2.75, 3.05) is 19.7 Å². The van der Waals surface area contributed by atoms with Gasteiger partial charge < -0.3 is 24.7 Å². The number of carbonyl (C=O) groups excluding carboxylic acids is 2. The van der Waals surface area contributed by atoms with Crippen molar-refractivity contribution in [3.63, 3.8) is 0 Å². The summed E-state index contributed by atoms with van der Waals surface area (Å²) in [7, 11) is 0. The highest BCUT2D eigenvalue weighted by Gasteiger charge is 2.23. The number of fused-ring (bicyclic) bond motifs is 1. The second-order valence-electron chi connectivity index (χ2n) is 8.10. The number of hydrogen-bond acceptors (Lipinski definition) is 7. The number of hydrogen-bond donors (Lipinski definition) is 2. The standard InChI is InChI=1S/C26H36N2O6/c1-4-12-22-14-11-9-7-8-10-13-20(27-33-18-24(31)28(5-2)6-3)15-19-16-21(29)17-23(30)25(19)26(32)34-22/h9-11,13,16-17,22,29-30H,4-8,12,14-15,18H2,1-3H3/b11-9+,13-10+,27-20+. The Balaban J connectivity index is 2.37. The summed E-state index contributed by atoms with van der Waals surface area (Å²) in [5.41, 5.74) is 0.783. The first-order chi connectivity index (χ1) is 16.4.